The van der Waals surface area contributed by atoms with E-state index < -0.39 is 14.9 Å². The minimum absolute atomic E-state index is 0.0536. The molecule has 0 aromatic heterocycles. The van der Waals surface area contributed by atoms with Crippen molar-refractivity contribution in [2.45, 2.75) is 23.3 Å². The van der Waals surface area contributed by atoms with Gasteiger partial charge in [-0.3, -0.25) is 10.1 Å². The highest BCUT2D eigenvalue weighted by molar-refractivity contribution is 7.89. The van der Waals surface area contributed by atoms with Crippen LogP contribution in [0.15, 0.2) is 47.4 Å². The quantitative estimate of drug-likeness (QED) is 0.634. The Bertz CT molecular complexity index is 917. The van der Waals surface area contributed by atoms with Gasteiger partial charge in [0, 0.05) is 29.8 Å². The van der Waals surface area contributed by atoms with E-state index in [4.69, 9.17) is 5.14 Å². The van der Waals surface area contributed by atoms with Crippen molar-refractivity contribution in [3.05, 3.63) is 64.0 Å². The molecule has 0 aliphatic heterocycles. The van der Waals surface area contributed by atoms with E-state index in [2.05, 4.69) is 5.32 Å². The lowest BCUT2D eigenvalue weighted by Crippen LogP contribution is -2.13. The van der Waals surface area contributed by atoms with E-state index >= 15 is 0 Å². The number of anilines is 1. The largest absolute Gasteiger partial charge is 0.381 e. The third-order valence-electron chi connectivity index (χ3n) is 3.85. The average molecular weight is 351 g/mol. The van der Waals surface area contributed by atoms with Crippen molar-refractivity contribution in [2.75, 3.05) is 5.32 Å². The number of non-ortho nitro benzene ring substituents is 1. The molecule has 0 saturated heterocycles. The monoisotopic (exact) mass is 351 g/mol. The molecule has 1 fully saturated rings. The fourth-order valence-corrected chi connectivity index (χ4v) is 3.19. The Hall–Kier alpha value is -2.52. The van der Waals surface area contributed by atoms with E-state index in [1.54, 1.807) is 12.1 Å². The normalized spacial score (nSPS) is 19.8. The van der Waals surface area contributed by atoms with Gasteiger partial charge in [0.15, 0.2) is 0 Å². The molecular formula is C15H14FN3O4S. The highest BCUT2D eigenvalue weighted by atomic mass is 32.2. The van der Waals surface area contributed by atoms with Crippen molar-refractivity contribution in [1.82, 2.24) is 0 Å². The van der Waals surface area contributed by atoms with Gasteiger partial charge in [0.05, 0.1) is 9.82 Å². The molecule has 1 aliphatic carbocycles. The minimum Gasteiger partial charge on any atom is -0.381 e. The standard InChI is InChI=1S/C15H14FN3O4S/c16-10-3-1-2-9(4-10)14-8-15(14)18-11-5-12(19(20)21)7-13(6-11)24(17,22)23/h1-7,14-15,18H,8H2,(H2,17,22,23)/t14-,15+/m0/s1. The van der Waals surface area contributed by atoms with E-state index in [9.17, 15) is 22.9 Å². The molecule has 1 saturated carbocycles. The van der Waals surface area contributed by atoms with Gasteiger partial charge in [-0.2, -0.15) is 0 Å². The van der Waals surface area contributed by atoms with Crippen LogP contribution in [0.25, 0.3) is 0 Å². The maximum atomic E-state index is 13.3. The Kier molecular flexibility index (Phi) is 3.98. The Morgan fingerprint density at radius 3 is 2.62 bits per heavy atom. The zero-order valence-electron chi connectivity index (χ0n) is 12.3. The molecule has 2 aromatic rings. The van der Waals surface area contributed by atoms with Gasteiger partial charge in [0.25, 0.3) is 5.69 Å². The summed E-state index contributed by atoms with van der Waals surface area (Å²) in [6.45, 7) is 0. The first-order chi connectivity index (χ1) is 11.2. The Balaban J connectivity index is 1.83. The fourth-order valence-electron chi connectivity index (χ4n) is 2.61. The third-order valence-corrected chi connectivity index (χ3v) is 4.74. The van der Waals surface area contributed by atoms with Crippen LogP contribution in [0.3, 0.4) is 0 Å². The number of rotatable bonds is 5. The molecule has 0 unspecified atom stereocenters. The summed E-state index contributed by atoms with van der Waals surface area (Å²) in [7, 11) is -4.06. The van der Waals surface area contributed by atoms with E-state index in [1.807, 2.05) is 0 Å². The highest BCUT2D eigenvalue weighted by Crippen LogP contribution is 2.43. The second kappa shape index (κ2) is 5.84. The van der Waals surface area contributed by atoms with Crippen molar-refractivity contribution < 1.29 is 17.7 Å². The highest BCUT2D eigenvalue weighted by Gasteiger charge is 2.38. The summed E-state index contributed by atoms with van der Waals surface area (Å²) in [5.74, 6) is -0.261. The molecule has 0 radical (unpaired) electrons. The third kappa shape index (κ3) is 3.52. The van der Waals surface area contributed by atoms with Crippen molar-refractivity contribution in [2.24, 2.45) is 5.14 Å². The molecule has 9 heteroatoms. The van der Waals surface area contributed by atoms with Crippen LogP contribution >= 0.6 is 0 Å². The number of hydrogen-bond donors (Lipinski definition) is 2. The van der Waals surface area contributed by atoms with Gasteiger partial charge < -0.3 is 5.32 Å². The Labute approximate surface area is 137 Å². The summed E-state index contributed by atoms with van der Waals surface area (Å²) in [6.07, 6.45) is 0.719. The van der Waals surface area contributed by atoms with Gasteiger partial charge in [-0.05, 0) is 30.2 Å². The van der Waals surface area contributed by atoms with E-state index in [0.717, 1.165) is 18.1 Å². The van der Waals surface area contributed by atoms with Crippen LogP contribution in [0, 0.1) is 15.9 Å². The maximum Gasteiger partial charge on any atom is 0.272 e. The van der Waals surface area contributed by atoms with E-state index in [1.165, 1.54) is 24.3 Å². The molecule has 2 atom stereocenters. The lowest BCUT2D eigenvalue weighted by Gasteiger charge is -2.08. The van der Waals surface area contributed by atoms with Crippen LogP contribution in [-0.4, -0.2) is 19.4 Å². The predicted octanol–water partition coefficient (Wildman–Crippen LogP) is 2.35. The first kappa shape index (κ1) is 16.3. The summed E-state index contributed by atoms with van der Waals surface area (Å²) in [5.41, 5.74) is 0.744. The second-order valence-corrected chi connectivity index (χ2v) is 7.23. The number of primary sulfonamides is 1. The second-order valence-electron chi connectivity index (χ2n) is 5.67. The molecule has 0 amide bonds. The smallest absolute Gasteiger partial charge is 0.272 e. The Morgan fingerprint density at radius 1 is 1.25 bits per heavy atom. The summed E-state index contributed by atoms with van der Waals surface area (Å²) in [5, 5.41) is 19.1. The number of sulfonamides is 1. The van der Waals surface area contributed by atoms with Crippen molar-refractivity contribution in [3.63, 3.8) is 0 Å². The first-order valence-electron chi connectivity index (χ1n) is 7.08. The zero-order chi connectivity index (χ0) is 17.5. The molecule has 0 spiro atoms. The van der Waals surface area contributed by atoms with Gasteiger partial charge in [-0.1, -0.05) is 12.1 Å². The van der Waals surface area contributed by atoms with E-state index in [-0.39, 0.29) is 34.0 Å². The van der Waals surface area contributed by atoms with Gasteiger partial charge in [0.1, 0.15) is 5.82 Å². The summed E-state index contributed by atoms with van der Waals surface area (Å²) in [4.78, 5) is 9.94. The first-order valence-corrected chi connectivity index (χ1v) is 8.63. The molecule has 0 heterocycles. The van der Waals surface area contributed by atoms with Gasteiger partial charge in [-0.25, -0.2) is 17.9 Å². The van der Waals surface area contributed by atoms with Crippen LogP contribution in [-0.2, 0) is 10.0 Å². The molecule has 2 aromatic carbocycles. The van der Waals surface area contributed by atoms with Crippen molar-refractivity contribution in [3.8, 4) is 0 Å². The number of nitro groups is 1. The topological polar surface area (TPSA) is 115 Å². The number of nitrogens with two attached hydrogens (primary N) is 1. The van der Waals surface area contributed by atoms with Gasteiger partial charge in [-0.15, -0.1) is 0 Å². The molecular weight excluding hydrogens is 337 g/mol. The van der Waals surface area contributed by atoms with E-state index in [0.29, 0.717) is 0 Å². The van der Waals surface area contributed by atoms with Crippen LogP contribution in [0.4, 0.5) is 15.8 Å². The minimum atomic E-state index is -4.06. The molecule has 0 bridgehead atoms. The lowest BCUT2D eigenvalue weighted by atomic mass is 10.1. The van der Waals surface area contributed by atoms with Crippen molar-refractivity contribution >= 4 is 21.4 Å². The fraction of sp³-hybridized carbons (Fsp3) is 0.200. The lowest BCUT2D eigenvalue weighted by molar-refractivity contribution is -0.385. The van der Waals surface area contributed by atoms with Crippen LogP contribution in [0.5, 0.6) is 0 Å². The SMILES string of the molecule is NS(=O)(=O)c1cc(N[C@@H]2C[C@H]2c2cccc(F)c2)cc([N+](=O)[O-])c1. The summed E-state index contributed by atoms with van der Waals surface area (Å²) < 4.78 is 36.2. The van der Waals surface area contributed by atoms with Gasteiger partial charge in [0.2, 0.25) is 10.0 Å². The zero-order valence-corrected chi connectivity index (χ0v) is 13.2. The van der Waals surface area contributed by atoms with Gasteiger partial charge >= 0.3 is 0 Å². The number of nitrogens with one attached hydrogen (secondary N) is 1. The van der Waals surface area contributed by atoms with Crippen LogP contribution in [0.2, 0.25) is 0 Å². The summed E-state index contributed by atoms with van der Waals surface area (Å²) in [6, 6.07) is 9.58. The van der Waals surface area contributed by atoms with Crippen molar-refractivity contribution in [1.29, 1.82) is 0 Å². The van der Waals surface area contributed by atoms with Crippen LogP contribution in [0.1, 0.15) is 17.9 Å². The number of hydrogen-bond acceptors (Lipinski definition) is 5. The maximum absolute atomic E-state index is 13.3. The molecule has 7 nitrogen and oxygen atoms in total. The van der Waals surface area contributed by atoms with Crippen LogP contribution < -0.4 is 10.5 Å². The number of benzene rings is 2. The summed E-state index contributed by atoms with van der Waals surface area (Å²) >= 11 is 0. The number of halogens is 1. The predicted molar refractivity (Wildman–Crippen MR) is 85.6 cm³/mol. The molecule has 3 N–H and O–H groups in total. The Morgan fingerprint density at radius 2 is 2.00 bits per heavy atom. The number of nitrogens with zero attached hydrogens (tertiary/aromatic N) is 1. The molecule has 126 valence electrons. The molecule has 3 rings (SSSR count). The average Bonchev–Trinajstić information content (AvgIpc) is 3.25. The molecule has 1 aliphatic rings. The number of nitro benzene ring substituents is 1. The molecule has 24 heavy (non-hydrogen) atoms.